The Morgan fingerprint density at radius 3 is 2.35 bits per heavy atom. The summed E-state index contributed by atoms with van der Waals surface area (Å²) in [5, 5.41) is 9.79. The van der Waals surface area contributed by atoms with Crippen molar-refractivity contribution in [1.29, 1.82) is 0 Å². The normalized spacial score (nSPS) is 13.8. The summed E-state index contributed by atoms with van der Waals surface area (Å²) in [5.74, 6) is -1.68. The molecular formula is C15H20O4S. The number of hydrogen-bond donors (Lipinski definition) is 1. The molecule has 0 aliphatic rings. The summed E-state index contributed by atoms with van der Waals surface area (Å²) < 4.78 is 4.78. The van der Waals surface area contributed by atoms with Crippen molar-refractivity contribution in [3.8, 4) is 0 Å². The predicted octanol–water partition coefficient (Wildman–Crippen LogP) is 2.50. The molecule has 0 fully saturated rings. The Labute approximate surface area is 123 Å². The molecule has 0 radical (unpaired) electrons. The van der Waals surface area contributed by atoms with Gasteiger partial charge in [0.05, 0.1) is 12.5 Å². The van der Waals surface area contributed by atoms with Crippen LogP contribution in [0.5, 0.6) is 0 Å². The first kappa shape index (κ1) is 16.7. The lowest BCUT2D eigenvalue weighted by molar-refractivity contribution is -0.158. The molecule has 1 N–H and O–H groups in total. The number of ether oxygens (including phenoxy) is 1. The number of esters is 1. The van der Waals surface area contributed by atoms with Gasteiger partial charge in [0.15, 0.2) is 11.2 Å². The molecule has 5 heteroatoms. The molecule has 0 saturated heterocycles. The van der Waals surface area contributed by atoms with Crippen molar-refractivity contribution in [1.82, 2.24) is 0 Å². The van der Waals surface area contributed by atoms with Crippen LogP contribution in [0.15, 0.2) is 35.2 Å². The van der Waals surface area contributed by atoms with Crippen LogP contribution in [0.25, 0.3) is 0 Å². The molecule has 1 aromatic rings. The molecule has 1 aromatic carbocycles. The van der Waals surface area contributed by atoms with Crippen molar-refractivity contribution < 1.29 is 19.4 Å². The minimum Gasteiger partial charge on any atom is -0.464 e. The number of carbonyl (C=O) groups excluding carboxylic acids is 2. The van der Waals surface area contributed by atoms with Crippen LogP contribution in [0.2, 0.25) is 0 Å². The Hall–Kier alpha value is -1.33. The standard InChI is InChI=1S/C15H20O4S/c1-4-19-14(17)13(16)12(10(2)3)15(18)20-11-8-6-5-7-9-11/h5-10,12-13,16H,4H2,1-3H3/t12-,13-/m0/s1. The van der Waals surface area contributed by atoms with Crippen molar-refractivity contribution in [2.24, 2.45) is 11.8 Å². The molecule has 0 aromatic heterocycles. The smallest absolute Gasteiger partial charge is 0.335 e. The van der Waals surface area contributed by atoms with Gasteiger partial charge in [-0.1, -0.05) is 43.8 Å². The van der Waals surface area contributed by atoms with E-state index in [1.54, 1.807) is 20.8 Å². The number of aliphatic hydroxyl groups excluding tert-OH is 1. The minimum atomic E-state index is -1.42. The molecule has 0 bridgehead atoms. The quantitative estimate of drug-likeness (QED) is 0.645. The van der Waals surface area contributed by atoms with Crippen LogP contribution < -0.4 is 0 Å². The molecule has 110 valence electrons. The van der Waals surface area contributed by atoms with E-state index in [0.29, 0.717) is 0 Å². The molecule has 1 rings (SSSR count). The van der Waals surface area contributed by atoms with Crippen LogP contribution in [0, 0.1) is 11.8 Å². The summed E-state index contributed by atoms with van der Waals surface area (Å²) in [6, 6.07) is 9.17. The van der Waals surface area contributed by atoms with Gasteiger partial charge in [-0.2, -0.15) is 0 Å². The molecule has 0 spiro atoms. The Morgan fingerprint density at radius 2 is 1.85 bits per heavy atom. The fourth-order valence-corrected chi connectivity index (χ4v) is 2.88. The Bertz CT molecular complexity index is 444. The van der Waals surface area contributed by atoms with Crippen molar-refractivity contribution in [2.75, 3.05) is 6.61 Å². The van der Waals surface area contributed by atoms with Crippen LogP contribution in [-0.2, 0) is 14.3 Å². The van der Waals surface area contributed by atoms with Gasteiger partial charge in [-0.05, 0) is 25.0 Å². The summed E-state index contributed by atoms with van der Waals surface area (Å²) in [6.45, 7) is 5.45. The fourth-order valence-electron chi connectivity index (χ4n) is 1.81. The van der Waals surface area contributed by atoms with Crippen LogP contribution in [0.4, 0.5) is 0 Å². The fraction of sp³-hybridized carbons (Fsp3) is 0.467. The van der Waals surface area contributed by atoms with E-state index >= 15 is 0 Å². The third-order valence-corrected chi connectivity index (χ3v) is 3.80. The van der Waals surface area contributed by atoms with Crippen molar-refractivity contribution in [2.45, 2.75) is 31.8 Å². The zero-order valence-corrected chi connectivity index (χ0v) is 12.7. The molecule has 0 amide bonds. The van der Waals surface area contributed by atoms with Crippen LogP contribution >= 0.6 is 11.8 Å². The van der Waals surface area contributed by atoms with Gasteiger partial charge in [-0.15, -0.1) is 0 Å². The third-order valence-electron chi connectivity index (χ3n) is 2.82. The van der Waals surface area contributed by atoms with Crippen molar-refractivity contribution in [3.05, 3.63) is 30.3 Å². The van der Waals surface area contributed by atoms with Crippen LogP contribution in [-0.4, -0.2) is 28.9 Å². The highest BCUT2D eigenvalue weighted by atomic mass is 32.2. The van der Waals surface area contributed by atoms with E-state index < -0.39 is 18.0 Å². The number of rotatable bonds is 6. The average molecular weight is 296 g/mol. The van der Waals surface area contributed by atoms with Gasteiger partial charge < -0.3 is 9.84 Å². The molecule has 0 saturated carbocycles. The topological polar surface area (TPSA) is 63.6 Å². The second kappa shape index (κ2) is 8.07. The number of thioether (sulfide) groups is 1. The first-order valence-electron chi connectivity index (χ1n) is 6.58. The molecule has 20 heavy (non-hydrogen) atoms. The summed E-state index contributed by atoms with van der Waals surface area (Å²) in [4.78, 5) is 24.7. The molecule has 4 nitrogen and oxygen atoms in total. The van der Waals surface area contributed by atoms with Gasteiger partial charge >= 0.3 is 5.97 Å². The number of carbonyl (C=O) groups is 2. The van der Waals surface area contributed by atoms with E-state index in [1.165, 1.54) is 0 Å². The SMILES string of the molecule is CCOC(=O)[C@@H](O)[C@@H](C(=O)Sc1ccccc1)C(C)C. The highest BCUT2D eigenvalue weighted by molar-refractivity contribution is 8.13. The molecule has 0 aliphatic heterocycles. The molecule has 2 atom stereocenters. The molecule has 0 heterocycles. The lowest BCUT2D eigenvalue weighted by atomic mass is 9.91. The van der Waals surface area contributed by atoms with E-state index in [4.69, 9.17) is 4.74 Å². The van der Waals surface area contributed by atoms with Gasteiger partial charge in [-0.3, -0.25) is 4.79 Å². The second-order valence-corrected chi connectivity index (χ2v) is 5.78. The minimum absolute atomic E-state index is 0.155. The zero-order valence-electron chi connectivity index (χ0n) is 11.9. The zero-order chi connectivity index (χ0) is 15.1. The summed E-state index contributed by atoms with van der Waals surface area (Å²) in [7, 11) is 0. The highest BCUT2D eigenvalue weighted by Crippen LogP contribution is 2.28. The first-order chi connectivity index (χ1) is 9.47. The maximum absolute atomic E-state index is 12.3. The van der Waals surface area contributed by atoms with Gasteiger partial charge in [0, 0.05) is 4.90 Å². The lowest BCUT2D eigenvalue weighted by Crippen LogP contribution is -2.38. The van der Waals surface area contributed by atoms with E-state index in [-0.39, 0.29) is 17.6 Å². The van der Waals surface area contributed by atoms with Gasteiger partial charge in [-0.25, -0.2) is 4.79 Å². The largest absolute Gasteiger partial charge is 0.464 e. The summed E-state index contributed by atoms with van der Waals surface area (Å²) in [5.41, 5.74) is 0. The summed E-state index contributed by atoms with van der Waals surface area (Å²) >= 11 is 1.04. The maximum atomic E-state index is 12.3. The Morgan fingerprint density at radius 1 is 1.25 bits per heavy atom. The Kier molecular flexibility index (Phi) is 6.75. The van der Waals surface area contributed by atoms with E-state index in [9.17, 15) is 14.7 Å². The van der Waals surface area contributed by atoms with Crippen molar-refractivity contribution >= 4 is 22.8 Å². The first-order valence-corrected chi connectivity index (χ1v) is 7.40. The van der Waals surface area contributed by atoms with E-state index in [0.717, 1.165) is 16.7 Å². The van der Waals surface area contributed by atoms with E-state index in [1.807, 2.05) is 30.3 Å². The van der Waals surface area contributed by atoms with Gasteiger partial charge in [0.2, 0.25) is 0 Å². The molecule has 0 aliphatic carbocycles. The number of hydrogen-bond acceptors (Lipinski definition) is 5. The predicted molar refractivity (Wildman–Crippen MR) is 78.3 cm³/mol. The van der Waals surface area contributed by atoms with E-state index in [2.05, 4.69) is 0 Å². The lowest BCUT2D eigenvalue weighted by Gasteiger charge is -2.23. The number of aliphatic hydroxyl groups is 1. The highest BCUT2D eigenvalue weighted by Gasteiger charge is 2.35. The van der Waals surface area contributed by atoms with Crippen LogP contribution in [0.1, 0.15) is 20.8 Å². The van der Waals surface area contributed by atoms with Gasteiger partial charge in [0.1, 0.15) is 0 Å². The third kappa shape index (κ3) is 4.65. The monoisotopic (exact) mass is 296 g/mol. The Balaban J connectivity index is 2.80. The molecule has 0 unspecified atom stereocenters. The second-order valence-electron chi connectivity index (χ2n) is 4.70. The average Bonchev–Trinajstić information content (AvgIpc) is 2.39. The maximum Gasteiger partial charge on any atom is 0.335 e. The van der Waals surface area contributed by atoms with Crippen LogP contribution in [0.3, 0.4) is 0 Å². The van der Waals surface area contributed by atoms with Gasteiger partial charge in [0.25, 0.3) is 0 Å². The summed E-state index contributed by atoms with van der Waals surface area (Å²) in [6.07, 6.45) is -1.42. The van der Waals surface area contributed by atoms with Crippen molar-refractivity contribution in [3.63, 3.8) is 0 Å². The molecular weight excluding hydrogens is 276 g/mol. The number of benzene rings is 1.